The molecule has 1 aromatic heterocycles. The maximum absolute atomic E-state index is 12.4. The first-order valence-corrected chi connectivity index (χ1v) is 5.82. The highest BCUT2D eigenvalue weighted by Crippen LogP contribution is 2.19. The van der Waals surface area contributed by atoms with Gasteiger partial charge in [-0.05, 0) is 12.5 Å². The van der Waals surface area contributed by atoms with Crippen LogP contribution >= 0.6 is 0 Å². The molecule has 0 saturated heterocycles. The molecule has 0 spiro atoms. The molecule has 3 nitrogen and oxygen atoms in total. The Hall–Kier alpha value is -1.91. The molecular weight excluding hydrogens is 236 g/mol. The van der Waals surface area contributed by atoms with Gasteiger partial charge in [0.1, 0.15) is 0 Å². The van der Waals surface area contributed by atoms with E-state index in [4.69, 9.17) is 0 Å². The fourth-order valence-electron chi connectivity index (χ4n) is 1.61. The van der Waals surface area contributed by atoms with E-state index in [2.05, 4.69) is 10.4 Å². The molecule has 5 heteroatoms. The van der Waals surface area contributed by atoms with Gasteiger partial charge in [0.2, 0.25) is 0 Å². The second-order valence-electron chi connectivity index (χ2n) is 3.98. The fraction of sp³-hybridized carbons (Fsp3) is 0.308. The third kappa shape index (κ3) is 3.06. The summed E-state index contributed by atoms with van der Waals surface area (Å²) in [6, 6.07) is 6.33. The normalized spacial score (nSPS) is 10.9. The van der Waals surface area contributed by atoms with Crippen molar-refractivity contribution in [3.63, 3.8) is 0 Å². The molecule has 0 unspecified atom stereocenters. The Morgan fingerprint density at radius 2 is 2.00 bits per heavy atom. The molecule has 0 bridgehead atoms. The molecule has 18 heavy (non-hydrogen) atoms. The number of anilines is 1. The minimum absolute atomic E-state index is 0.0533. The smallest absolute Gasteiger partial charge is 0.263 e. The molecule has 0 aliphatic rings. The first-order valence-electron chi connectivity index (χ1n) is 5.82. The minimum atomic E-state index is -2.41. The van der Waals surface area contributed by atoms with Gasteiger partial charge in [0.15, 0.2) is 0 Å². The number of hydrogen-bond donors (Lipinski definition) is 1. The molecule has 1 aromatic carbocycles. The molecule has 0 saturated carbocycles. The molecule has 1 heterocycles. The second-order valence-corrected chi connectivity index (χ2v) is 3.98. The van der Waals surface area contributed by atoms with Gasteiger partial charge in [0.25, 0.3) is 6.43 Å². The molecule has 0 amide bonds. The first-order chi connectivity index (χ1) is 8.69. The fourth-order valence-corrected chi connectivity index (χ4v) is 1.61. The maximum Gasteiger partial charge on any atom is 0.263 e. The van der Waals surface area contributed by atoms with E-state index in [1.165, 1.54) is 12.1 Å². The van der Waals surface area contributed by atoms with Crippen molar-refractivity contribution in [1.82, 2.24) is 9.78 Å². The van der Waals surface area contributed by atoms with Crippen LogP contribution in [0.4, 0.5) is 14.5 Å². The third-order valence-electron chi connectivity index (χ3n) is 2.69. The lowest BCUT2D eigenvalue weighted by atomic mass is 10.1. The van der Waals surface area contributed by atoms with Crippen molar-refractivity contribution in [2.45, 2.75) is 26.4 Å². The number of alkyl halides is 2. The molecule has 0 aliphatic carbocycles. The van der Waals surface area contributed by atoms with Crippen LogP contribution < -0.4 is 5.32 Å². The number of nitrogens with zero attached hydrogens (tertiary/aromatic N) is 2. The van der Waals surface area contributed by atoms with Crippen LogP contribution in [0.3, 0.4) is 0 Å². The summed E-state index contributed by atoms with van der Waals surface area (Å²) in [7, 11) is 0. The van der Waals surface area contributed by atoms with Crippen molar-refractivity contribution in [2.75, 3.05) is 5.32 Å². The van der Waals surface area contributed by atoms with E-state index in [0.29, 0.717) is 6.54 Å². The maximum atomic E-state index is 12.4. The van der Waals surface area contributed by atoms with Crippen molar-refractivity contribution in [2.24, 2.45) is 0 Å². The molecule has 1 N–H and O–H groups in total. The monoisotopic (exact) mass is 251 g/mol. The highest BCUT2D eigenvalue weighted by Gasteiger charge is 2.05. The van der Waals surface area contributed by atoms with Crippen molar-refractivity contribution in [3.05, 3.63) is 47.8 Å². The van der Waals surface area contributed by atoms with Crippen LogP contribution in [0.5, 0.6) is 0 Å². The highest BCUT2D eigenvalue weighted by atomic mass is 19.3. The zero-order valence-corrected chi connectivity index (χ0v) is 10.1. The van der Waals surface area contributed by atoms with Crippen LogP contribution in [0.25, 0.3) is 0 Å². The van der Waals surface area contributed by atoms with Gasteiger partial charge >= 0.3 is 0 Å². The van der Waals surface area contributed by atoms with Gasteiger partial charge in [-0.1, -0.05) is 24.3 Å². The minimum Gasteiger partial charge on any atom is -0.378 e. The molecule has 2 rings (SSSR count). The second kappa shape index (κ2) is 5.62. The number of benzene rings is 1. The van der Waals surface area contributed by atoms with Crippen molar-refractivity contribution in [3.8, 4) is 0 Å². The molecular formula is C13H15F2N3. The van der Waals surface area contributed by atoms with Gasteiger partial charge < -0.3 is 5.32 Å². The van der Waals surface area contributed by atoms with E-state index >= 15 is 0 Å². The van der Waals surface area contributed by atoms with E-state index < -0.39 is 6.43 Å². The number of aryl methyl sites for hydroxylation is 1. The van der Waals surface area contributed by atoms with Crippen LogP contribution in [0.2, 0.25) is 0 Å². The van der Waals surface area contributed by atoms with Gasteiger partial charge in [-0.2, -0.15) is 5.10 Å². The first kappa shape index (κ1) is 12.5. The molecule has 0 radical (unpaired) electrons. The van der Waals surface area contributed by atoms with Crippen molar-refractivity contribution in [1.29, 1.82) is 0 Å². The predicted octanol–water partition coefficient (Wildman–Crippen LogP) is 3.45. The SMILES string of the molecule is CCn1cc(NCc2ccc(C(F)F)cc2)cn1. The third-order valence-corrected chi connectivity index (χ3v) is 2.69. The summed E-state index contributed by atoms with van der Waals surface area (Å²) in [5.41, 5.74) is 1.94. The zero-order valence-electron chi connectivity index (χ0n) is 10.1. The van der Waals surface area contributed by atoms with Crippen LogP contribution in [0.15, 0.2) is 36.7 Å². The highest BCUT2D eigenvalue weighted by molar-refractivity contribution is 5.39. The van der Waals surface area contributed by atoms with Gasteiger partial charge in [-0.3, -0.25) is 4.68 Å². The number of nitrogens with one attached hydrogen (secondary N) is 1. The Kier molecular flexibility index (Phi) is 3.92. The van der Waals surface area contributed by atoms with Crippen molar-refractivity contribution < 1.29 is 8.78 Å². The molecule has 2 aromatic rings. The van der Waals surface area contributed by atoms with Crippen molar-refractivity contribution >= 4 is 5.69 Å². The van der Waals surface area contributed by atoms with E-state index in [0.717, 1.165) is 17.8 Å². The average Bonchev–Trinajstić information content (AvgIpc) is 2.85. The van der Waals surface area contributed by atoms with Gasteiger partial charge in [0, 0.05) is 24.8 Å². The molecule has 0 aliphatic heterocycles. The summed E-state index contributed by atoms with van der Waals surface area (Å²) in [5, 5.41) is 7.33. The van der Waals surface area contributed by atoms with Gasteiger partial charge in [-0.15, -0.1) is 0 Å². The van der Waals surface area contributed by atoms with E-state index in [9.17, 15) is 8.78 Å². The average molecular weight is 251 g/mol. The van der Waals surface area contributed by atoms with E-state index in [-0.39, 0.29) is 5.56 Å². The Balaban J connectivity index is 1.93. The molecule has 0 atom stereocenters. The predicted molar refractivity (Wildman–Crippen MR) is 66.6 cm³/mol. The quantitative estimate of drug-likeness (QED) is 0.882. The number of rotatable bonds is 5. The Morgan fingerprint density at radius 1 is 1.28 bits per heavy atom. The summed E-state index contributed by atoms with van der Waals surface area (Å²) < 4.78 is 26.6. The summed E-state index contributed by atoms with van der Waals surface area (Å²) >= 11 is 0. The van der Waals surface area contributed by atoms with Gasteiger partial charge in [-0.25, -0.2) is 8.78 Å². The summed E-state index contributed by atoms with van der Waals surface area (Å²) in [5.74, 6) is 0. The summed E-state index contributed by atoms with van der Waals surface area (Å²) in [6.07, 6.45) is 1.25. The largest absolute Gasteiger partial charge is 0.378 e. The number of halogens is 2. The van der Waals surface area contributed by atoms with Crippen LogP contribution in [-0.2, 0) is 13.1 Å². The lowest BCUT2D eigenvalue weighted by Gasteiger charge is -2.05. The van der Waals surface area contributed by atoms with E-state index in [1.807, 2.05) is 17.8 Å². The lowest BCUT2D eigenvalue weighted by Crippen LogP contribution is -1.99. The summed E-state index contributed by atoms with van der Waals surface area (Å²) in [4.78, 5) is 0. The topological polar surface area (TPSA) is 29.9 Å². The molecule has 0 fully saturated rings. The molecule has 96 valence electrons. The van der Waals surface area contributed by atoms with Crippen LogP contribution in [0.1, 0.15) is 24.5 Å². The Bertz CT molecular complexity index is 491. The Morgan fingerprint density at radius 3 is 2.56 bits per heavy atom. The Labute approximate surface area is 104 Å². The lowest BCUT2D eigenvalue weighted by molar-refractivity contribution is 0.151. The zero-order chi connectivity index (χ0) is 13.0. The number of hydrogen-bond acceptors (Lipinski definition) is 2. The van der Waals surface area contributed by atoms with Gasteiger partial charge in [0.05, 0.1) is 11.9 Å². The standard InChI is InChI=1S/C13H15F2N3/c1-2-18-9-12(8-17-18)16-7-10-3-5-11(6-4-10)13(14)15/h3-6,8-9,13,16H,2,7H2,1H3. The van der Waals surface area contributed by atoms with Crippen LogP contribution in [0, 0.1) is 0 Å². The van der Waals surface area contributed by atoms with Crippen LogP contribution in [-0.4, -0.2) is 9.78 Å². The number of aromatic nitrogens is 2. The van der Waals surface area contributed by atoms with E-state index in [1.54, 1.807) is 18.3 Å². The summed E-state index contributed by atoms with van der Waals surface area (Å²) in [6.45, 7) is 3.43.